The van der Waals surface area contributed by atoms with Crippen molar-refractivity contribution in [2.75, 3.05) is 13.1 Å². The van der Waals surface area contributed by atoms with Gasteiger partial charge in [0.2, 0.25) is 5.91 Å². The maximum Gasteiger partial charge on any atom is 0.242 e. The van der Waals surface area contributed by atoms with Crippen molar-refractivity contribution in [1.82, 2.24) is 4.90 Å². The van der Waals surface area contributed by atoms with E-state index in [0.29, 0.717) is 19.4 Å². The van der Waals surface area contributed by atoms with E-state index < -0.39 is 5.54 Å². The molecule has 104 valence electrons. The van der Waals surface area contributed by atoms with Gasteiger partial charge in [0.15, 0.2) is 0 Å². The predicted molar refractivity (Wildman–Crippen MR) is 76.2 cm³/mol. The minimum Gasteiger partial charge on any atom is -0.337 e. The Morgan fingerprint density at radius 3 is 2.22 bits per heavy atom. The van der Waals surface area contributed by atoms with Crippen molar-refractivity contribution in [1.29, 1.82) is 0 Å². The Kier molecular flexibility index (Phi) is 4.60. The summed E-state index contributed by atoms with van der Waals surface area (Å²) in [5.41, 5.74) is 7.17. The summed E-state index contributed by atoms with van der Waals surface area (Å²) in [5, 5.41) is 0. The number of carbonyl (C=O) groups is 1. The third-order valence-electron chi connectivity index (χ3n) is 4.15. The first-order chi connectivity index (χ1) is 8.24. The molecule has 0 fully saturated rings. The lowest BCUT2D eigenvalue weighted by Crippen LogP contribution is -2.55. The van der Waals surface area contributed by atoms with Gasteiger partial charge in [0.1, 0.15) is 0 Å². The van der Waals surface area contributed by atoms with Crippen LogP contribution in [0.15, 0.2) is 11.6 Å². The van der Waals surface area contributed by atoms with Crippen molar-refractivity contribution in [3.8, 4) is 0 Å². The third kappa shape index (κ3) is 3.14. The molecule has 0 spiro atoms. The number of carbonyl (C=O) groups excluding carboxylic acids is 1. The molecule has 0 bridgehead atoms. The van der Waals surface area contributed by atoms with Gasteiger partial charge in [0, 0.05) is 13.1 Å². The summed E-state index contributed by atoms with van der Waals surface area (Å²) in [5.74, 6) is 0.108. The number of hydrogen-bond acceptors (Lipinski definition) is 2. The van der Waals surface area contributed by atoms with Crippen molar-refractivity contribution in [2.45, 2.75) is 59.4 Å². The fourth-order valence-electron chi connectivity index (χ4n) is 2.40. The number of hydrogen-bond donors (Lipinski definition) is 1. The Morgan fingerprint density at radius 2 is 1.89 bits per heavy atom. The number of nitrogens with two attached hydrogens (primary N) is 1. The molecular weight excluding hydrogens is 224 g/mol. The molecule has 0 aromatic carbocycles. The summed E-state index contributed by atoms with van der Waals surface area (Å²) in [4.78, 5) is 14.3. The second-order valence-electron chi connectivity index (χ2n) is 6.34. The zero-order chi connectivity index (χ0) is 14.0. The molecule has 0 aromatic rings. The van der Waals surface area contributed by atoms with E-state index in [0.717, 1.165) is 13.0 Å². The average Bonchev–Trinajstić information content (AvgIpc) is 2.36. The molecule has 0 aromatic heterocycles. The molecule has 0 saturated carbocycles. The van der Waals surface area contributed by atoms with E-state index in [1.54, 1.807) is 0 Å². The van der Waals surface area contributed by atoms with Gasteiger partial charge in [-0.15, -0.1) is 0 Å². The summed E-state index contributed by atoms with van der Waals surface area (Å²) < 4.78 is 0. The maximum atomic E-state index is 12.4. The molecule has 3 nitrogen and oxygen atoms in total. The van der Waals surface area contributed by atoms with Crippen LogP contribution in [0, 0.1) is 5.41 Å². The van der Waals surface area contributed by atoms with Crippen LogP contribution in [0.3, 0.4) is 0 Å². The summed E-state index contributed by atoms with van der Waals surface area (Å²) >= 11 is 0. The van der Waals surface area contributed by atoms with Crippen molar-refractivity contribution in [2.24, 2.45) is 11.1 Å². The summed E-state index contributed by atoms with van der Waals surface area (Å²) in [6.45, 7) is 12.2. The quantitative estimate of drug-likeness (QED) is 0.785. The average molecular weight is 252 g/mol. The zero-order valence-electron chi connectivity index (χ0n) is 12.5. The van der Waals surface area contributed by atoms with Crippen LogP contribution in [0.2, 0.25) is 0 Å². The van der Waals surface area contributed by atoms with Crippen molar-refractivity contribution < 1.29 is 4.79 Å². The van der Waals surface area contributed by atoms with Gasteiger partial charge in [-0.25, -0.2) is 0 Å². The Bertz CT molecular complexity index is 335. The normalized spacial score (nSPS) is 17.7. The Morgan fingerprint density at radius 1 is 1.33 bits per heavy atom. The first-order valence-electron chi connectivity index (χ1n) is 7.02. The van der Waals surface area contributed by atoms with Crippen LogP contribution in [-0.2, 0) is 4.79 Å². The largest absolute Gasteiger partial charge is 0.337 e. The molecule has 0 radical (unpaired) electrons. The van der Waals surface area contributed by atoms with Gasteiger partial charge < -0.3 is 10.6 Å². The molecule has 0 aliphatic carbocycles. The van der Waals surface area contributed by atoms with Gasteiger partial charge in [-0.3, -0.25) is 4.79 Å². The van der Waals surface area contributed by atoms with Gasteiger partial charge in [0.05, 0.1) is 5.54 Å². The van der Waals surface area contributed by atoms with E-state index in [-0.39, 0.29) is 11.3 Å². The molecular formula is C15H28N2O. The highest BCUT2D eigenvalue weighted by Crippen LogP contribution is 2.30. The number of rotatable bonds is 3. The van der Waals surface area contributed by atoms with Crippen LogP contribution < -0.4 is 5.73 Å². The fourth-order valence-corrected chi connectivity index (χ4v) is 2.40. The van der Waals surface area contributed by atoms with E-state index in [9.17, 15) is 4.79 Å². The van der Waals surface area contributed by atoms with Crippen LogP contribution in [0.25, 0.3) is 0 Å². The maximum absolute atomic E-state index is 12.4. The summed E-state index contributed by atoms with van der Waals surface area (Å²) in [6.07, 6.45) is 4.58. The third-order valence-corrected chi connectivity index (χ3v) is 4.15. The van der Waals surface area contributed by atoms with E-state index in [1.165, 1.54) is 5.57 Å². The molecule has 3 heteroatoms. The Balaban J connectivity index is 2.74. The lowest BCUT2D eigenvalue weighted by atomic mass is 9.82. The van der Waals surface area contributed by atoms with Crippen LogP contribution in [0.4, 0.5) is 0 Å². The Hall–Kier alpha value is -0.830. The molecule has 1 rings (SSSR count). The second kappa shape index (κ2) is 5.43. The molecule has 2 N–H and O–H groups in total. The fraction of sp³-hybridized carbons (Fsp3) is 0.800. The van der Waals surface area contributed by atoms with Gasteiger partial charge >= 0.3 is 0 Å². The minimum atomic E-state index is -0.674. The SMILES string of the molecule is CCC(N)(CC)C(=O)N1CC=C(C(C)(C)C)CC1. The van der Waals surface area contributed by atoms with E-state index >= 15 is 0 Å². The highest BCUT2D eigenvalue weighted by molar-refractivity contribution is 5.86. The number of amides is 1. The topological polar surface area (TPSA) is 46.3 Å². The first-order valence-corrected chi connectivity index (χ1v) is 7.02. The number of nitrogens with zero attached hydrogens (tertiary/aromatic N) is 1. The van der Waals surface area contributed by atoms with Crippen molar-refractivity contribution in [3.05, 3.63) is 11.6 Å². The van der Waals surface area contributed by atoms with Crippen LogP contribution >= 0.6 is 0 Å². The van der Waals surface area contributed by atoms with Gasteiger partial charge in [-0.2, -0.15) is 0 Å². The molecule has 1 amide bonds. The summed E-state index contributed by atoms with van der Waals surface area (Å²) in [7, 11) is 0. The minimum absolute atomic E-state index is 0.108. The highest BCUT2D eigenvalue weighted by atomic mass is 16.2. The predicted octanol–water partition coefficient (Wildman–Crippen LogP) is 2.71. The molecule has 0 atom stereocenters. The molecule has 0 saturated heterocycles. The molecule has 1 heterocycles. The zero-order valence-corrected chi connectivity index (χ0v) is 12.5. The molecule has 0 unspecified atom stereocenters. The second-order valence-corrected chi connectivity index (χ2v) is 6.34. The Labute approximate surface area is 111 Å². The van der Waals surface area contributed by atoms with Gasteiger partial charge in [-0.05, 0) is 24.7 Å². The molecule has 1 aliphatic heterocycles. The highest BCUT2D eigenvalue weighted by Gasteiger charge is 2.35. The smallest absolute Gasteiger partial charge is 0.242 e. The molecule has 18 heavy (non-hydrogen) atoms. The van der Waals surface area contributed by atoms with Crippen LogP contribution in [0.1, 0.15) is 53.9 Å². The lowest BCUT2D eigenvalue weighted by molar-refractivity contribution is -0.137. The monoisotopic (exact) mass is 252 g/mol. The van der Waals surface area contributed by atoms with Gasteiger partial charge in [0.25, 0.3) is 0 Å². The van der Waals surface area contributed by atoms with Crippen LogP contribution in [0.5, 0.6) is 0 Å². The molecule has 1 aliphatic rings. The van der Waals surface area contributed by atoms with Crippen LogP contribution in [-0.4, -0.2) is 29.4 Å². The standard InChI is InChI=1S/C15H28N2O/c1-6-15(16,7-2)13(18)17-10-8-12(9-11-17)14(3,4)5/h8H,6-7,9-11,16H2,1-5H3. The van der Waals surface area contributed by atoms with Crippen molar-refractivity contribution in [3.63, 3.8) is 0 Å². The summed E-state index contributed by atoms with van der Waals surface area (Å²) in [6, 6.07) is 0. The van der Waals surface area contributed by atoms with Crippen molar-refractivity contribution >= 4 is 5.91 Å². The van der Waals surface area contributed by atoms with Gasteiger partial charge in [-0.1, -0.05) is 46.3 Å². The lowest BCUT2D eigenvalue weighted by Gasteiger charge is -2.37. The first kappa shape index (κ1) is 15.2. The van der Waals surface area contributed by atoms with E-state index in [4.69, 9.17) is 5.73 Å². The van der Waals surface area contributed by atoms with E-state index in [1.807, 2.05) is 18.7 Å². The van der Waals surface area contributed by atoms with E-state index in [2.05, 4.69) is 26.8 Å².